The lowest BCUT2D eigenvalue weighted by molar-refractivity contribution is -0.312. The third-order valence-electron chi connectivity index (χ3n) is 1.11. The van der Waals surface area contributed by atoms with E-state index in [2.05, 4.69) is 4.74 Å². The van der Waals surface area contributed by atoms with Gasteiger partial charge in [-0.05, 0) is 0 Å². The van der Waals surface area contributed by atoms with Gasteiger partial charge in [0.2, 0.25) is 5.83 Å². The molecule has 0 rings (SSSR count). The van der Waals surface area contributed by atoms with Gasteiger partial charge in [-0.2, -0.15) is 30.7 Å². The molecule has 16 heavy (non-hydrogen) atoms. The van der Waals surface area contributed by atoms with E-state index in [1.165, 1.54) is 0 Å². The van der Waals surface area contributed by atoms with Crippen LogP contribution in [0.1, 0.15) is 0 Å². The van der Waals surface area contributed by atoms with Crippen molar-refractivity contribution in [3.8, 4) is 0 Å². The SMILES string of the molecule is O=C(OC(C(F)(F)F)C(F)(F)F)/C(F)=C\F. The summed E-state index contributed by atoms with van der Waals surface area (Å²) in [6.45, 7) is 0. The van der Waals surface area contributed by atoms with Gasteiger partial charge in [-0.15, -0.1) is 0 Å². The summed E-state index contributed by atoms with van der Waals surface area (Å²) in [5, 5.41) is 0. The van der Waals surface area contributed by atoms with Gasteiger partial charge in [0.25, 0.3) is 6.10 Å². The van der Waals surface area contributed by atoms with Gasteiger partial charge in [0.05, 0.1) is 0 Å². The van der Waals surface area contributed by atoms with E-state index in [1.807, 2.05) is 0 Å². The molecule has 0 bridgehead atoms. The minimum atomic E-state index is -5.97. The Labute approximate surface area is 82.5 Å². The molecule has 0 amide bonds. The van der Waals surface area contributed by atoms with E-state index in [4.69, 9.17) is 0 Å². The quantitative estimate of drug-likeness (QED) is 0.432. The summed E-state index contributed by atoms with van der Waals surface area (Å²) in [6, 6.07) is 0. The van der Waals surface area contributed by atoms with E-state index in [0.29, 0.717) is 0 Å². The number of halogens is 8. The first kappa shape index (κ1) is 14.7. The summed E-state index contributed by atoms with van der Waals surface area (Å²) >= 11 is 0. The topological polar surface area (TPSA) is 26.3 Å². The minimum absolute atomic E-state index is 1.12. The molecule has 0 aromatic carbocycles. The maximum Gasteiger partial charge on any atom is 0.434 e. The Kier molecular flexibility index (Phi) is 4.27. The minimum Gasteiger partial charge on any atom is -0.437 e. The standard InChI is InChI=1S/C6H2F8O2/c7-1-2(8)3(15)16-4(5(9,10)11)6(12,13)14/h1,4H/b2-1+. The van der Waals surface area contributed by atoms with Crippen molar-refractivity contribution < 1.29 is 44.7 Å². The monoisotopic (exact) mass is 258 g/mol. The van der Waals surface area contributed by atoms with Crippen LogP contribution < -0.4 is 0 Å². The van der Waals surface area contributed by atoms with Crippen molar-refractivity contribution in [3.05, 3.63) is 12.2 Å². The second-order valence-corrected chi connectivity index (χ2v) is 2.33. The van der Waals surface area contributed by atoms with Crippen LogP contribution in [0.3, 0.4) is 0 Å². The van der Waals surface area contributed by atoms with E-state index in [0.717, 1.165) is 0 Å². The van der Waals surface area contributed by atoms with Crippen molar-refractivity contribution in [2.45, 2.75) is 18.5 Å². The largest absolute Gasteiger partial charge is 0.437 e. The molecule has 0 N–H and O–H groups in total. The Morgan fingerprint density at radius 3 is 1.69 bits per heavy atom. The first-order valence-electron chi connectivity index (χ1n) is 3.30. The van der Waals surface area contributed by atoms with Crippen molar-refractivity contribution >= 4 is 5.97 Å². The van der Waals surface area contributed by atoms with Gasteiger partial charge in [-0.1, -0.05) is 0 Å². The van der Waals surface area contributed by atoms with Crippen LogP contribution >= 0.6 is 0 Å². The zero-order chi connectivity index (χ0) is 13.1. The number of ether oxygens (including phenoxy) is 1. The molecule has 0 radical (unpaired) electrons. The maximum absolute atomic E-state index is 11.9. The molecule has 2 nitrogen and oxygen atoms in total. The highest BCUT2D eigenvalue weighted by molar-refractivity contribution is 5.85. The Balaban J connectivity index is 4.92. The summed E-state index contributed by atoms with van der Waals surface area (Å²) in [5.74, 6) is -5.19. The molecule has 0 saturated carbocycles. The predicted octanol–water partition coefficient (Wildman–Crippen LogP) is 2.80. The van der Waals surface area contributed by atoms with Gasteiger partial charge >= 0.3 is 18.3 Å². The third kappa shape index (κ3) is 4.03. The molecule has 0 aromatic heterocycles. The molecule has 0 spiro atoms. The zero-order valence-electron chi connectivity index (χ0n) is 6.99. The van der Waals surface area contributed by atoms with E-state index in [-0.39, 0.29) is 0 Å². The highest BCUT2D eigenvalue weighted by Crippen LogP contribution is 2.36. The molecule has 0 heterocycles. The van der Waals surface area contributed by atoms with Crippen LogP contribution in [-0.2, 0) is 9.53 Å². The van der Waals surface area contributed by atoms with Crippen molar-refractivity contribution in [1.29, 1.82) is 0 Å². The van der Waals surface area contributed by atoms with E-state index < -0.39 is 36.6 Å². The van der Waals surface area contributed by atoms with Crippen molar-refractivity contribution in [2.75, 3.05) is 0 Å². The van der Waals surface area contributed by atoms with Gasteiger partial charge in [-0.25, -0.2) is 9.18 Å². The number of carbonyl (C=O) groups is 1. The number of rotatable bonds is 2. The van der Waals surface area contributed by atoms with Crippen molar-refractivity contribution in [3.63, 3.8) is 0 Å². The fourth-order valence-corrected chi connectivity index (χ4v) is 0.527. The molecule has 10 heteroatoms. The Morgan fingerprint density at radius 1 is 1.06 bits per heavy atom. The normalized spacial score (nSPS) is 14.2. The van der Waals surface area contributed by atoms with Crippen molar-refractivity contribution in [2.24, 2.45) is 0 Å². The summed E-state index contributed by atoms with van der Waals surface area (Å²) in [7, 11) is 0. The summed E-state index contributed by atoms with van der Waals surface area (Å²) in [5.41, 5.74) is 0. The number of hydrogen-bond acceptors (Lipinski definition) is 2. The molecule has 94 valence electrons. The van der Waals surface area contributed by atoms with Crippen LogP contribution in [-0.4, -0.2) is 24.4 Å². The molecule has 0 aliphatic carbocycles. The fraction of sp³-hybridized carbons (Fsp3) is 0.500. The fourth-order valence-electron chi connectivity index (χ4n) is 0.527. The highest BCUT2D eigenvalue weighted by Gasteiger charge is 2.60. The average Bonchev–Trinajstić information content (AvgIpc) is 2.08. The molecule has 0 unspecified atom stereocenters. The lowest BCUT2D eigenvalue weighted by Gasteiger charge is -2.22. The molecule has 0 atom stereocenters. The van der Waals surface area contributed by atoms with Crippen LogP contribution in [0.15, 0.2) is 12.2 Å². The second-order valence-electron chi connectivity index (χ2n) is 2.33. The first-order chi connectivity index (χ1) is 7.00. The lowest BCUT2D eigenvalue weighted by atomic mass is 10.3. The maximum atomic E-state index is 11.9. The summed E-state index contributed by atoms with van der Waals surface area (Å²) in [4.78, 5) is 10.2. The van der Waals surface area contributed by atoms with Gasteiger partial charge in [0, 0.05) is 0 Å². The number of carbonyl (C=O) groups excluding carboxylic acids is 1. The Hall–Kier alpha value is -1.35. The summed E-state index contributed by atoms with van der Waals surface area (Å²) in [6.07, 6.45) is -17.6. The third-order valence-corrected chi connectivity index (χ3v) is 1.11. The Bertz CT molecular complexity index is 274. The zero-order valence-corrected chi connectivity index (χ0v) is 6.99. The van der Waals surface area contributed by atoms with Crippen LogP contribution in [0.5, 0.6) is 0 Å². The molecule has 0 aromatic rings. The lowest BCUT2D eigenvalue weighted by Crippen LogP contribution is -2.45. The van der Waals surface area contributed by atoms with E-state index in [1.54, 1.807) is 0 Å². The van der Waals surface area contributed by atoms with Crippen LogP contribution in [0, 0.1) is 0 Å². The Morgan fingerprint density at radius 2 is 1.44 bits per heavy atom. The number of hydrogen-bond donors (Lipinski definition) is 0. The van der Waals surface area contributed by atoms with Gasteiger partial charge in [0.1, 0.15) is 6.33 Å². The smallest absolute Gasteiger partial charge is 0.434 e. The van der Waals surface area contributed by atoms with Gasteiger partial charge in [-0.3, -0.25) is 0 Å². The number of esters is 1. The highest BCUT2D eigenvalue weighted by atomic mass is 19.4. The molecule has 0 fully saturated rings. The average molecular weight is 258 g/mol. The number of alkyl halides is 6. The van der Waals surface area contributed by atoms with Crippen LogP contribution in [0.4, 0.5) is 35.1 Å². The van der Waals surface area contributed by atoms with Gasteiger partial charge in [0.15, 0.2) is 0 Å². The van der Waals surface area contributed by atoms with Gasteiger partial charge < -0.3 is 4.74 Å². The van der Waals surface area contributed by atoms with E-state index in [9.17, 15) is 39.9 Å². The van der Waals surface area contributed by atoms with Crippen molar-refractivity contribution in [1.82, 2.24) is 0 Å². The molecule has 0 saturated heterocycles. The molecular weight excluding hydrogens is 256 g/mol. The predicted molar refractivity (Wildman–Crippen MR) is 32.3 cm³/mol. The summed E-state index contributed by atoms with van der Waals surface area (Å²) < 4.78 is 96.2. The van der Waals surface area contributed by atoms with Crippen LogP contribution in [0.2, 0.25) is 0 Å². The first-order valence-corrected chi connectivity index (χ1v) is 3.30. The molecule has 0 aliphatic rings. The van der Waals surface area contributed by atoms with E-state index >= 15 is 0 Å². The van der Waals surface area contributed by atoms with Crippen LogP contribution in [0.25, 0.3) is 0 Å². The second kappa shape index (κ2) is 4.66. The molecular formula is C6H2F8O2. The molecule has 0 aliphatic heterocycles.